The molecule has 104 valence electrons. The van der Waals surface area contributed by atoms with Crippen molar-refractivity contribution in [2.45, 2.75) is 44.2 Å². The number of nitriles is 1. The Balaban J connectivity index is 1.79. The average molecular weight is 264 g/mol. The van der Waals surface area contributed by atoms with Gasteiger partial charge in [-0.2, -0.15) is 5.26 Å². The number of nitrogens with two attached hydrogens (primary N) is 1. The molecular weight excluding hydrogens is 244 g/mol. The zero-order valence-corrected chi connectivity index (χ0v) is 10.9. The molecule has 6 heteroatoms. The number of amides is 2. The van der Waals surface area contributed by atoms with E-state index in [2.05, 4.69) is 10.6 Å². The van der Waals surface area contributed by atoms with Gasteiger partial charge in [0.25, 0.3) is 0 Å². The molecule has 1 aliphatic heterocycles. The highest BCUT2D eigenvalue weighted by molar-refractivity contribution is 5.83. The van der Waals surface area contributed by atoms with Gasteiger partial charge in [-0.15, -0.1) is 0 Å². The Bertz CT molecular complexity index is 400. The van der Waals surface area contributed by atoms with Gasteiger partial charge in [-0.3, -0.25) is 9.59 Å². The van der Waals surface area contributed by atoms with Crippen molar-refractivity contribution in [3.05, 3.63) is 0 Å². The summed E-state index contributed by atoms with van der Waals surface area (Å²) in [4.78, 5) is 23.3. The van der Waals surface area contributed by atoms with E-state index < -0.39 is 12.1 Å². The molecule has 1 saturated heterocycles. The van der Waals surface area contributed by atoms with E-state index in [1.165, 1.54) is 0 Å². The number of carbonyl (C=O) groups excluding carboxylic acids is 2. The third-order valence-corrected chi connectivity index (χ3v) is 3.78. The monoisotopic (exact) mass is 264 g/mol. The van der Waals surface area contributed by atoms with Gasteiger partial charge >= 0.3 is 0 Å². The molecule has 0 aromatic rings. The third-order valence-electron chi connectivity index (χ3n) is 3.78. The summed E-state index contributed by atoms with van der Waals surface area (Å²) in [7, 11) is 0. The van der Waals surface area contributed by atoms with Gasteiger partial charge in [-0.1, -0.05) is 12.8 Å². The van der Waals surface area contributed by atoms with Gasteiger partial charge in [-0.05, 0) is 25.2 Å². The van der Waals surface area contributed by atoms with Crippen molar-refractivity contribution in [3.63, 3.8) is 0 Å². The topological polar surface area (TPSA) is 108 Å². The highest BCUT2D eigenvalue weighted by atomic mass is 16.2. The minimum atomic E-state index is -0.633. The van der Waals surface area contributed by atoms with E-state index in [4.69, 9.17) is 11.0 Å². The fourth-order valence-electron chi connectivity index (χ4n) is 2.40. The molecule has 1 aliphatic carbocycles. The number of rotatable bonds is 6. The molecule has 1 unspecified atom stereocenters. The first kappa shape index (κ1) is 13.8. The second-order valence-electron chi connectivity index (χ2n) is 5.49. The third kappa shape index (κ3) is 3.93. The van der Waals surface area contributed by atoms with Gasteiger partial charge in [-0.25, -0.2) is 0 Å². The van der Waals surface area contributed by atoms with Crippen molar-refractivity contribution in [1.29, 1.82) is 5.26 Å². The maximum atomic E-state index is 11.8. The molecule has 1 heterocycles. The van der Waals surface area contributed by atoms with Crippen LogP contribution in [0.25, 0.3) is 0 Å². The Morgan fingerprint density at radius 2 is 2.21 bits per heavy atom. The lowest BCUT2D eigenvalue weighted by molar-refractivity contribution is -0.125. The van der Waals surface area contributed by atoms with Crippen molar-refractivity contribution in [3.8, 4) is 6.07 Å². The molecule has 0 radical (unpaired) electrons. The molecule has 0 spiro atoms. The first-order chi connectivity index (χ1) is 9.10. The summed E-state index contributed by atoms with van der Waals surface area (Å²) in [5, 5.41) is 14.4. The molecule has 2 aliphatic rings. The van der Waals surface area contributed by atoms with Crippen molar-refractivity contribution >= 4 is 11.8 Å². The van der Waals surface area contributed by atoms with Gasteiger partial charge in [0.15, 0.2) is 0 Å². The number of hydrogen-bond donors (Lipinski definition) is 3. The lowest BCUT2D eigenvalue weighted by Crippen LogP contribution is -2.46. The molecule has 2 rings (SSSR count). The predicted molar refractivity (Wildman–Crippen MR) is 68.6 cm³/mol. The van der Waals surface area contributed by atoms with Gasteiger partial charge in [0.2, 0.25) is 11.8 Å². The van der Waals surface area contributed by atoms with Crippen molar-refractivity contribution < 1.29 is 9.59 Å². The Morgan fingerprint density at radius 3 is 2.74 bits per heavy atom. The summed E-state index contributed by atoms with van der Waals surface area (Å²) in [5.41, 5.74) is 5.80. The molecule has 0 aromatic heterocycles. The Labute approximate surface area is 112 Å². The second-order valence-corrected chi connectivity index (χ2v) is 5.49. The second kappa shape index (κ2) is 6.02. The predicted octanol–water partition coefficient (Wildman–Crippen LogP) is -0.352. The molecule has 4 N–H and O–H groups in total. The molecule has 2 amide bonds. The maximum absolute atomic E-state index is 11.8. The van der Waals surface area contributed by atoms with Crippen LogP contribution in [0.4, 0.5) is 0 Å². The molecule has 2 fully saturated rings. The van der Waals surface area contributed by atoms with Crippen LogP contribution in [0, 0.1) is 23.2 Å². The quantitative estimate of drug-likeness (QED) is 0.609. The summed E-state index contributed by atoms with van der Waals surface area (Å²) in [6, 6.07) is 0.863. The summed E-state index contributed by atoms with van der Waals surface area (Å²) >= 11 is 0. The van der Waals surface area contributed by atoms with Gasteiger partial charge in [0, 0.05) is 12.5 Å². The van der Waals surface area contributed by atoms with Crippen LogP contribution in [-0.2, 0) is 9.59 Å². The minimum Gasteiger partial charge on any atom is -0.356 e. The van der Waals surface area contributed by atoms with Crippen LogP contribution in [0.2, 0.25) is 0 Å². The van der Waals surface area contributed by atoms with Crippen LogP contribution in [-0.4, -0.2) is 30.4 Å². The van der Waals surface area contributed by atoms with Crippen LogP contribution in [0.3, 0.4) is 0 Å². The van der Waals surface area contributed by atoms with Crippen LogP contribution < -0.4 is 16.4 Å². The van der Waals surface area contributed by atoms with E-state index in [9.17, 15) is 9.59 Å². The van der Waals surface area contributed by atoms with Crippen LogP contribution in [0.15, 0.2) is 0 Å². The van der Waals surface area contributed by atoms with E-state index in [1.54, 1.807) is 0 Å². The summed E-state index contributed by atoms with van der Waals surface area (Å²) in [6.07, 6.45) is 4.06. The van der Waals surface area contributed by atoms with Gasteiger partial charge < -0.3 is 16.4 Å². The summed E-state index contributed by atoms with van der Waals surface area (Å²) in [6.45, 7) is 0.650. The average Bonchev–Trinajstić information content (AvgIpc) is 3.11. The lowest BCUT2D eigenvalue weighted by atomic mass is 9.98. The number of carbonyl (C=O) groups is 2. The molecule has 0 bridgehead atoms. The number of nitrogens with one attached hydrogen (secondary N) is 2. The standard InChI is InChI=1S/C13H20N4O2/c14-7-10(6-9-3-4-16-12(9)18)17-13(19)11(15)5-8-1-2-8/h8-11H,1-6,15H2,(H,16,18)(H,17,19)/t9-,10-,11?/m0/s1. The van der Waals surface area contributed by atoms with Crippen molar-refractivity contribution in [2.75, 3.05) is 6.54 Å². The van der Waals surface area contributed by atoms with Crippen LogP contribution >= 0.6 is 0 Å². The molecule has 6 nitrogen and oxygen atoms in total. The summed E-state index contributed by atoms with van der Waals surface area (Å²) in [5.74, 6) is 0.0835. The van der Waals surface area contributed by atoms with E-state index in [1.807, 2.05) is 6.07 Å². The van der Waals surface area contributed by atoms with E-state index in [-0.39, 0.29) is 17.7 Å². The van der Waals surface area contributed by atoms with Gasteiger partial charge in [0.05, 0.1) is 12.1 Å². The van der Waals surface area contributed by atoms with Gasteiger partial charge in [0.1, 0.15) is 6.04 Å². The highest BCUT2D eigenvalue weighted by Crippen LogP contribution is 2.33. The molecule has 0 aromatic carbocycles. The molecule has 1 saturated carbocycles. The maximum Gasteiger partial charge on any atom is 0.237 e. The largest absolute Gasteiger partial charge is 0.356 e. The first-order valence-corrected chi connectivity index (χ1v) is 6.83. The number of nitrogens with zero attached hydrogens (tertiary/aromatic N) is 1. The Hall–Kier alpha value is -1.61. The van der Waals surface area contributed by atoms with Crippen molar-refractivity contribution in [2.24, 2.45) is 17.6 Å². The van der Waals surface area contributed by atoms with E-state index in [0.29, 0.717) is 25.3 Å². The SMILES string of the molecule is N#C[C@H](C[C@@H]1CCNC1=O)NC(=O)C(N)CC1CC1. The fraction of sp³-hybridized carbons (Fsp3) is 0.769. The summed E-state index contributed by atoms with van der Waals surface area (Å²) < 4.78 is 0. The van der Waals surface area contributed by atoms with Crippen LogP contribution in [0.1, 0.15) is 32.1 Å². The Morgan fingerprint density at radius 1 is 1.47 bits per heavy atom. The van der Waals surface area contributed by atoms with Crippen LogP contribution in [0.5, 0.6) is 0 Å². The normalized spacial score (nSPS) is 25.3. The van der Waals surface area contributed by atoms with E-state index >= 15 is 0 Å². The Kier molecular flexibility index (Phi) is 4.38. The lowest BCUT2D eigenvalue weighted by Gasteiger charge is -2.17. The molecule has 3 atom stereocenters. The molecular formula is C13H20N4O2. The smallest absolute Gasteiger partial charge is 0.237 e. The zero-order chi connectivity index (χ0) is 13.8. The number of hydrogen-bond acceptors (Lipinski definition) is 4. The molecule has 19 heavy (non-hydrogen) atoms. The minimum absolute atomic E-state index is 0.0308. The van der Waals surface area contributed by atoms with E-state index in [0.717, 1.165) is 19.3 Å². The first-order valence-electron chi connectivity index (χ1n) is 6.83. The fourth-order valence-corrected chi connectivity index (χ4v) is 2.40. The van der Waals surface area contributed by atoms with Crippen molar-refractivity contribution in [1.82, 2.24) is 10.6 Å². The zero-order valence-electron chi connectivity index (χ0n) is 10.9. The highest BCUT2D eigenvalue weighted by Gasteiger charge is 2.30.